The van der Waals surface area contributed by atoms with Gasteiger partial charge in [0.05, 0.1) is 42.4 Å². The number of hydrogen-bond acceptors (Lipinski definition) is 8. The second-order valence-corrected chi connectivity index (χ2v) is 13.2. The molecule has 1 aliphatic rings. The Morgan fingerprint density at radius 1 is 0.805 bits per heavy atom. The van der Waals surface area contributed by atoms with Gasteiger partial charge in [0.25, 0.3) is 15.9 Å². The highest BCUT2D eigenvalue weighted by Crippen LogP contribution is 2.32. The number of ether oxygens (including phenoxy) is 3. The van der Waals surface area contributed by atoms with Crippen molar-refractivity contribution in [3.8, 4) is 17.2 Å². The van der Waals surface area contributed by atoms with E-state index in [1.807, 2.05) is 0 Å². The van der Waals surface area contributed by atoms with E-state index in [4.69, 9.17) is 14.2 Å². The highest BCUT2D eigenvalue weighted by Gasteiger charge is 2.29. The summed E-state index contributed by atoms with van der Waals surface area (Å²) in [6, 6.07) is 14.4. The molecule has 220 valence electrons. The summed E-state index contributed by atoms with van der Waals surface area (Å²) in [7, 11) is -3.52. The lowest BCUT2D eigenvalue weighted by Gasteiger charge is -2.29. The maximum atomic E-state index is 13.2. The molecule has 3 aromatic rings. The van der Waals surface area contributed by atoms with E-state index in [-0.39, 0.29) is 26.8 Å². The minimum absolute atomic E-state index is 0.00140. The van der Waals surface area contributed by atoms with E-state index >= 15 is 0 Å². The molecule has 0 atom stereocenters. The number of piperidine rings is 1. The quantitative estimate of drug-likeness (QED) is 0.352. The van der Waals surface area contributed by atoms with E-state index in [0.29, 0.717) is 36.2 Å². The molecule has 0 aliphatic carbocycles. The lowest BCUT2D eigenvalue weighted by Crippen LogP contribution is -2.37. The lowest BCUT2D eigenvalue weighted by atomic mass is 10.0. The molecule has 0 radical (unpaired) electrons. The molecule has 41 heavy (non-hydrogen) atoms. The second-order valence-electron chi connectivity index (χ2n) is 9.60. The average Bonchev–Trinajstić information content (AvgIpc) is 2.97. The van der Waals surface area contributed by atoms with Crippen LogP contribution in [0.5, 0.6) is 17.2 Å². The maximum Gasteiger partial charge on any atom is 0.262 e. The fourth-order valence-corrected chi connectivity index (χ4v) is 6.97. The molecule has 1 aliphatic heterocycles. The summed E-state index contributed by atoms with van der Waals surface area (Å²) in [5, 5.41) is 2.68. The normalized spacial score (nSPS) is 14.7. The van der Waals surface area contributed by atoms with Crippen molar-refractivity contribution in [1.29, 1.82) is 0 Å². The van der Waals surface area contributed by atoms with Crippen LogP contribution in [0.2, 0.25) is 0 Å². The fraction of sp³-hybridized carbons (Fsp3) is 0.321. The van der Waals surface area contributed by atoms with Crippen molar-refractivity contribution in [2.45, 2.75) is 29.6 Å². The number of benzene rings is 3. The molecular weight excluding hydrogens is 570 g/mol. The Hall–Kier alpha value is -3.81. The number of anilines is 2. The van der Waals surface area contributed by atoms with Crippen molar-refractivity contribution in [3.63, 3.8) is 0 Å². The SMILES string of the molecule is COc1ccc(OC)c(NS(=O)(=O)c2ccc(NC(=O)c3cc(S(=O)(=O)N4CCC(C)CC4)ccc3OC)cc2)c1. The first-order valence-corrected chi connectivity index (χ1v) is 15.7. The Balaban J connectivity index is 1.53. The van der Waals surface area contributed by atoms with Crippen LogP contribution in [0.3, 0.4) is 0 Å². The molecule has 0 aromatic heterocycles. The van der Waals surface area contributed by atoms with Crippen LogP contribution in [0.15, 0.2) is 70.5 Å². The minimum Gasteiger partial charge on any atom is -0.497 e. The summed E-state index contributed by atoms with van der Waals surface area (Å²) in [6.07, 6.45) is 1.55. The Labute approximate surface area is 240 Å². The number of amides is 1. The van der Waals surface area contributed by atoms with E-state index in [9.17, 15) is 21.6 Å². The highest BCUT2D eigenvalue weighted by molar-refractivity contribution is 7.92. The first kappa shape index (κ1) is 30.2. The van der Waals surface area contributed by atoms with Crippen molar-refractivity contribution >= 4 is 37.3 Å². The van der Waals surface area contributed by atoms with Gasteiger partial charge in [-0.25, -0.2) is 16.8 Å². The van der Waals surface area contributed by atoms with Crippen molar-refractivity contribution < 1.29 is 35.8 Å². The van der Waals surface area contributed by atoms with Crippen molar-refractivity contribution in [1.82, 2.24) is 4.31 Å². The second kappa shape index (κ2) is 12.4. The topological polar surface area (TPSA) is 140 Å². The monoisotopic (exact) mass is 603 g/mol. The van der Waals surface area contributed by atoms with Gasteiger partial charge in [-0.1, -0.05) is 6.92 Å². The van der Waals surface area contributed by atoms with Gasteiger partial charge in [-0.3, -0.25) is 9.52 Å². The Morgan fingerprint density at radius 2 is 1.41 bits per heavy atom. The molecule has 3 aromatic carbocycles. The molecule has 0 unspecified atom stereocenters. The molecule has 11 nitrogen and oxygen atoms in total. The number of rotatable bonds is 10. The zero-order valence-electron chi connectivity index (χ0n) is 23.2. The van der Waals surface area contributed by atoms with Gasteiger partial charge in [0, 0.05) is 24.8 Å². The molecule has 4 rings (SSSR count). The fourth-order valence-electron chi connectivity index (χ4n) is 4.41. The van der Waals surface area contributed by atoms with Gasteiger partial charge in [-0.05, 0) is 73.4 Å². The third-order valence-corrected chi connectivity index (χ3v) is 10.1. The lowest BCUT2D eigenvalue weighted by molar-refractivity contribution is 0.102. The van der Waals surface area contributed by atoms with Crippen molar-refractivity contribution in [3.05, 3.63) is 66.2 Å². The summed E-state index contributed by atoms with van der Waals surface area (Å²) in [5.41, 5.74) is 0.529. The summed E-state index contributed by atoms with van der Waals surface area (Å²) < 4.78 is 72.1. The predicted octanol–water partition coefficient (Wildman–Crippen LogP) is 4.19. The van der Waals surface area contributed by atoms with Crippen LogP contribution >= 0.6 is 0 Å². The molecule has 0 bridgehead atoms. The number of methoxy groups -OCH3 is 3. The van der Waals surface area contributed by atoms with Crippen LogP contribution in [0.4, 0.5) is 11.4 Å². The Bertz CT molecular complexity index is 1620. The largest absolute Gasteiger partial charge is 0.497 e. The third-order valence-electron chi connectivity index (χ3n) is 6.87. The number of nitrogens with zero attached hydrogens (tertiary/aromatic N) is 1. The highest BCUT2D eigenvalue weighted by atomic mass is 32.2. The molecule has 0 saturated carbocycles. The van der Waals surface area contributed by atoms with Gasteiger partial charge in [-0.2, -0.15) is 4.31 Å². The zero-order valence-corrected chi connectivity index (χ0v) is 24.8. The summed E-state index contributed by atoms with van der Waals surface area (Å²) in [6.45, 7) is 2.94. The molecule has 2 N–H and O–H groups in total. The molecule has 1 fully saturated rings. The van der Waals surface area contributed by atoms with Gasteiger partial charge in [0.2, 0.25) is 10.0 Å². The van der Waals surface area contributed by atoms with Crippen LogP contribution in [-0.4, -0.2) is 61.5 Å². The maximum absolute atomic E-state index is 13.2. The number of carbonyl (C=O) groups excluding carboxylic acids is 1. The molecular formula is C28H33N3O8S2. The molecule has 0 spiro atoms. The van der Waals surface area contributed by atoms with Crippen molar-refractivity contribution in [2.75, 3.05) is 44.5 Å². The standard InChI is InChI=1S/C28H33N3O8S2/c1-19-13-15-31(16-14-19)41(35,36)23-10-12-26(38-3)24(18-23)28(32)29-20-5-8-22(9-6-20)40(33,34)30-25-17-21(37-2)7-11-27(25)39-4/h5-12,17-19,30H,13-16H2,1-4H3,(H,29,32). The van der Waals surface area contributed by atoms with Crippen LogP contribution in [-0.2, 0) is 20.0 Å². The molecule has 1 amide bonds. The van der Waals surface area contributed by atoms with Gasteiger partial charge < -0.3 is 19.5 Å². The summed E-state index contributed by atoms with van der Waals surface area (Å²) in [5.74, 6) is 0.802. The number of nitrogens with one attached hydrogen (secondary N) is 2. The third kappa shape index (κ3) is 6.75. The first-order chi connectivity index (χ1) is 19.5. The number of carbonyl (C=O) groups is 1. The summed E-state index contributed by atoms with van der Waals surface area (Å²) >= 11 is 0. The average molecular weight is 604 g/mol. The van der Waals surface area contributed by atoms with E-state index in [1.54, 1.807) is 12.1 Å². The zero-order chi connectivity index (χ0) is 29.8. The van der Waals surface area contributed by atoms with Gasteiger partial charge in [0.1, 0.15) is 17.2 Å². The molecule has 1 heterocycles. The van der Waals surface area contributed by atoms with Crippen molar-refractivity contribution in [2.24, 2.45) is 5.92 Å². The molecule has 13 heteroatoms. The Kier molecular flexibility index (Phi) is 9.10. The minimum atomic E-state index is -4.00. The predicted molar refractivity (Wildman–Crippen MR) is 155 cm³/mol. The van der Waals surface area contributed by atoms with Gasteiger partial charge in [0.15, 0.2) is 0 Å². The van der Waals surface area contributed by atoms with E-state index in [2.05, 4.69) is 17.0 Å². The van der Waals surface area contributed by atoms with E-state index in [0.717, 1.165) is 12.8 Å². The van der Waals surface area contributed by atoms with E-state index < -0.39 is 26.0 Å². The van der Waals surface area contributed by atoms with Gasteiger partial charge >= 0.3 is 0 Å². The van der Waals surface area contributed by atoms with Crippen LogP contribution in [0.25, 0.3) is 0 Å². The first-order valence-electron chi connectivity index (χ1n) is 12.8. The van der Waals surface area contributed by atoms with Gasteiger partial charge in [-0.15, -0.1) is 0 Å². The van der Waals surface area contributed by atoms with E-state index in [1.165, 1.54) is 74.2 Å². The Morgan fingerprint density at radius 3 is 2.02 bits per heavy atom. The van der Waals surface area contributed by atoms with Crippen LogP contribution in [0, 0.1) is 5.92 Å². The van der Waals surface area contributed by atoms with Crippen LogP contribution in [0.1, 0.15) is 30.1 Å². The molecule has 1 saturated heterocycles. The number of hydrogen-bond donors (Lipinski definition) is 2. The summed E-state index contributed by atoms with van der Waals surface area (Å²) in [4.78, 5) is 13.1. The smallest absolute Gasteiger partial charge is 0.262 e. The number of sulfonamides is 2. The van der Waals surface area contributed by atoms with Crippen LogP contribution < -0.4 is 24.2 Å².